The number of likely N-dealkylation sites (tertiary alicyclic amines) is 1. The summed E-state index contributed by atoms with van der Waals surface area (Å²) in [4.78, 5) is 91.0. The van der Waals surface area contributed by atoms with E-state index in [2.05, 4.69) is 31.2 Å². The summed E-state index contributed by atoms with van der Waals surface area (Å²) in [7, 11) is 0. The minimum atomic E-state index is -1.16. The molecule has 1 aliphatic heterocycles. The van der Waals surface area contributed by atoms with Gasteiger partial charge in [-0.1, -0.05) is 70.9 Å². The number of Topliss-reactive ketones (excluding diaryl/α,β-unsaturated/α-hetero) is 1. The van der Waals surface area contributed by atoms with Crippen LogP contribution in [-0.2, 0) is 24.0 Å². The van der Waals surface area contributed by atoms with E-state index in [0.29, 0.717) is 24.9 Å². The van der Waals surface area contributed by atoms with E-state index in [-0.39, 0.29) is 23.6 Å². The molecule has 1 aromatic heterocycles. The highest BCUT2D eigenvalue weighted by molar-refractivity contribution is 6.38. The summed E-state index contributed by atoms with van der Waals surface area (Å²) in [6.07, 6.45) is 9.16. The Morgan fingerprint density at radius 3 is 2.31 bits per heavy atom. The third-order valence-electron chi connectivity index (χ3n) is 9.65. The molecule has 262 valence electrons. The van der Waals surface area contributed by atoms with E-state index in [1.807, 2.05) is 27.7 Å². The summed E-state index contributed by atoms with van der Waals surface area (Å²) in [6, 6.07) is 4.61. The maximum atomic E-state index is 14.6. The first-order valence-electron chi connectivity index (χ1n) is 17.3. The third kappa shape index (κ3) is 8.49. The van der Waals surface area contributed by atoms with Crippen LogP contribution in [-0.4, -0.2) is 80.9 Å². The summed E-state index contributed by atoms with van der Waals surface area (Å²) in [6.45, 7) is 7.69. The van der Waals surface area contributed by atoms with Crippen molar-refractivity contribution < 1.29 is 28.8 Å². The number of aromatic nitrogens is 2. The quantitative estimate of drug-likeness (QED) is 0.234. The summed E-state index contributed by atoms with van der Waals surface area (Å²) in [5.41, 5.74) is -0.256. The van der Waals surface area contributed by atoms with E-state index >= 15 is 0 Å². The lowest BCUT2D eigenvalue weighted by Crippen LogP contribution is -2.60. The van der Waals surface area contributed by atoms with Gasteiger partial charge in [0.15, 0.2) is 0 Å². The maximum Gasteiger partial charge on any atom is 0.289 e. The molecule has 49 heavy (non-hydrogen) atoms. The molecule has 2 aliphatic carbocycles. The maximum absolute atomic E-state index is 14.6. The molecule has 5 rings (SSSR count). The number of amides is 5. The van der Waals surface area contributed by atoms with Crippen molar-refractivity contribution in [3.63, 3.8) is 0 Å². The zero-order valence-corrected chi connectivity index (χ0v) is 28.6. The van der Waals surface area contributed by atoms with Crippen LogP contribution in [0.3, 0.4) is 0 Å². The van der Waals surface area contributed by atoms with Crippen molar-refractivity contribution in [3.8, 4) is 0 Å². The molecule has 13 heteroatoms. The zero-order valence-electron chi connectivity index (χ0n) is 28.6. The zero-order chi connectivity index (χ0) is 35.3. The first kappa shape index (κ1) is 35.6. The Morgan fingerprint density at radius 2 is 1.67 bits per heavy atom. The number of nitrogens with zero attached hydrogens (tertiary/aromatic N) is 3. The number of fused-ring (bicyclic) bond motifs is 1. The predicted octanol–water partition coefficient (Wildman–Crippen LogP) is 2.24. The van der Waals surface area contributed by atoms with Crippen LogP contribution in [0.2, 0.25) is 0 Å². The van der Waals surface area contributed by atoms with Gasteiger partial charge in [0.25, 0.3) is 11.8 Å². The largest absolute Gasteiger partial charge is 0.347 e. The van der Waals surface area contributed by atoms with Gasteiger partial charge in [0, 0.05) is 25.0 Å². The molecule has 2 aromatic rings. The SMILES string of the molecule is CCC[C@H](NC(=O)C1[C@H]2CCC[C@H]2CN1C(=O)[C@@H](NC(=O)[C@@H](NC(=O)c1cnccn1)c1ccccc1)C(C)(C)C)C(=O)C(=O)NC1CC1. The molecule has 3 aliphatic rings. The van der Waals surface area contributed by atoms with Crippen molar-refractivity contribution in [3.05, 3.63) is 60.2 Å². The van der Waals surface area contributed by atoms with Crippen LogP contribution >= 0.6 is 0 Å². The molecule has 0 bridgehead atoms. The molecule has 13 nitrogen and oxygen atoms in total. The van der Waals surface area contributed by atoms with Gasteiger partial charge in [-0.05, 0) is 54.9 Å². The lowest BCUT2D eigenvalue weighted by atomic mass is 9.85. The highest BCUT2D eigenvalue weighted by atomic mass is 16.2. The number of benzene rings is 1. The van der Waals surface area contributed by atoms with Crippen LogP contribution in [0.25, 0.3) is 0 Å². The first-order valence-corrected chi connectivity index (χ1v) is 17.3. The van der Waals surface area contributed by atoms with E-state index in [9.17, 15) is 28.8 Å². The van der Waals surface area contributed by atoms with Gasteiger partial charge in [0.2, 0.25) is 23.5 Å². The monoisotopic (exact) mass is 673 g/mol. The summed E-state index contributed by atoms with van der Waals surface area (Å²) < 4.78 is 0. The Balaban J connectivity index is 1.37. The van der Waals surface area contributed by atoms with Crippen molar-refractivity contribution in [2.45, 2.75) is 103 Å². The predicted molar refractivity (Wildman–Crippen MR) is 179 cm³/mol. The molecule has 2 heterocycles. The fraction of sp³-hybridized carbons (Fsp3) is 0.556. The van der Waals surface area contributed by atoms with E-state index in [0.717, 1.165) is 32.1 Å². The molecule has 1 saturated heterocycles. The molecular formula is C36H47N7O6. The number of nitrogens with one attached hydrogen (secondary N) is 4. The summed E-state index contributed by atoms with van der Waals surface area (Å²) in [5.74, 6) is -3.50. The molecule has 0 spiro atoms. The van der Waals surface area contributed by atoms with Crippen molar-refractivity contribution >= 4 is 35.3 Å². The molecule has 3 fully saturated rings. The average molecular weight is 674 g/mol. The lowest BCUT2D eigenvalue weighted by molar-refractivity contribution is -0.146. The first-order chi connectivity index (χ1) is 23.4. The highest BCUT2D eigenvalue weighted by Crippen LogP contribution is 2.43. The fourth-order valence-electron chi connectivity index (χ4n) is 6.93. The van der Waals surface area contributed by atoms with E-state index in [4.69, 9.17) is 0 Å². The highest BCUT2D eigenvalue weighted by Gasteiger charge is 2.52. The number of ketones is 1. The summed E-state index contributed by atoms with van der Waals surface area (Å²) in [5, 5.41) is 11.2. The Bertz CT molecular complexity index is 1540. The number of carbonyl (C=O) groups is 6. The van der Waals surface area contributed by atoms with Crippen molar-refractivity contribution in [1.29, 1.82) is 0 Å². The topological polar surface area (TPSA) is 180 Å². The van der Waals surface area contributed by atoms with Gasteiger partial charge in [0.05, 0.1) is 12.2 Å². The van der Waals surface area contributed by atoms with E-state index < -0.39 is 64.9 Å². The minimum Gasteiger partial charge on any atom is -0.347 e. The minimum absolute atomic E-state index is 0.00276. The van der Waals surface area contributed by atoms with E-state index in [1.54, 1.807) is 35.2 Å². The van der Waals surface area contributed by atoms with Crippen LogP contribution < -0.4 is 21.3 Å². The van der Waals surface area contributed by atoms with Gasteiger partial charge in [-0.15, -0.1) is 0 Å². The molecule has 4 N–H and O–H groups in total. The van der Waals surface area contributed by atoms with Crippen molar-refractivity contribution in [1.82, 2.24) is 36.1 Å². The molecule has 1 unspecified atom stereocenters. The second-order valence-electron chi connectivity index (χ2n) is 14.5. The molecular weight excluding hydrogens is 626 g/mol. The number of rotatable bonds is 13. The standard InChI is InChI=1S/C36H47N7O6/c1-5-10-25(29(44)34(48)39-23-15-16-23)40-33(47)28-24-14-9-13-22(24)20-43(28)35(49)30(36(2,3)4)42-32(46)27(21-11-7-6-8-12-21)41-31(45)26-19-37-17-18-38-26/h6-8,11-12,17-19,22-25,27-28,30H,5,9-10,13-16,20H2,1-4H3,(H,39,48)(H,40,47)(H,41,45)(H,42,46)/t22-,24-,25-,27-,28?,30+/m0/s1. The van der Waals surface area contributed by atoms with Crippen LogP contribution in [0.1, 0.15) is 94.7 Å². The Kier molecular flexibility index (Phi) is 11.1. The van der Waals surface area contributed by atoms with Crippen LogP contribution in [0.5, 0.6) is 0 Å². The molecule has 2 saturated carbocycles. The van der Waals surface area contributed by atoms with Crippen molar-refractivity contribution in [2.24, 2.45) is 17.3 Å². The number of hydrogen-bond donors (Lipinski definition) is 4. The average Bonchev–Trinajstić information content (AvgIpc) is 3.65. The Hall–Kier alpha value is -4.68. The van der Waals surface area contributed by atoms with Crippen LogP contribution in [0.15, 0.2) is 48.9 Å². The lowest BCUT2D eigenvalue weighted by Gasteiger charge is -2.37. The Morgan fingerprint density at radius 1 is 0.939 bits per heavy atom. The smallest absolute Gasteiger partial charge is 0.289 e. The summed E-state index contributed by atoms with van der Waals surface area (Å²) >= 11 is 0. The van der Waals surface area contributed by atoms with Gasteiger partial charge < -0.3 is 26.2 Å². The van der Waals surface area contributed by atoms with E-state index in [1.165, 1.54) is 18.6 Å². The van der Waals surface area contributed by atoms with Gasteiger partial charge in [-0.2, -0.15) is 0 Å². The Labute approximate surface area is 286 Å². The normalized spacial score (nSPS) is 21.9. The third-order valence-corrected chi connectivity index (χ3v) is 9.65. The molecule has 5 amide bonds. The van der Waals surface area contributed by atoms with Gasteiger partial charge >= 0.3 is 0 Å². The second kappa shape index (κ2) is 15.3. The molecule has 0 radical (unpaired) electrons. The van der Waals surface area contributed by atoms with Gasteiger partial charge in [0.1, 0.15) is 23.8 Å². The second-order valence-corrected chi connectivity index (χ2v) is 14.5. The number of carbonyl (C=O) groups excluding carboxylic acids is 6. The van der Waals surface area contributed by atoms with Gasteiger partial charge in [-0.3, -0.25) is 33.8 Å². The van der Waals surface area contributed by atoms with Gasteiger partial charge in [-0.25, -0.2) is 4.98 Å². The molecule has 1 aromatic carbocycles. The van der Waals surface area contributed by atoms with Crippen LogP contribution in [0.4, 0.5) is 0 Å². The molecule has 6 atom stereocenters. The van der Waals surface area contributed by atoms with Crippen molar-refractivity contribution in [2.75, 3.05) is 6.54 Å². The van der Waals surface area contributed by atoms with Crippen LogP contribution in [0, 0.1) is 17.3 Å². The number of hydrogen-bond acceptors (Lipinski definition) is 8. The fourth-order valence-corrected chi connectivity index (χ4v) is 6.93.